The van der Waals surface area contributed by atoms with E-state index in [1.807, 2.05) is 0 Å². The molecule has 0 radical (unpaired) electrons. The predicted molar refractivity (Wildman–Crippen MR) is 160 cm³/mol. The van der Waals surface area contributed by atoms with E-state index < -0.39 is 58.2 Å². The van der Waals surface area contributed by atoms with Gasteiger partial charge in [0.2, 0.25) is 0 Å². The van der Waals surface area contributed by atoms with Crippen LogP contribution >= 0.6 is 11.3 Å². The van der Waals surface area contributed by atoms with Crippen LogP contribution in [0.1, 0.15) is 36.9 Å². The van der Waals surface area contributed by atoms with Gasteiger partial charge in [-0.1, -0.05) is 12.1 Å². The highest BCUT2D eigenvalue weighted by Gasteiger charge is 2.58. The highest BCUT2D eigenvalue weighted by atomic mass is 32.3. The van der Waals surface area contributed by atoms with Gasteiger partial charge in [-0.3, -0.25) is 19.1 Å². The Morgan fingerprint density at radius 2 is 1.96 bits per heavy atom. The lowest BCUT2D eigenvalue weighted by atomic mass is 9.84. The molecule has 0 bridgehead atoms. The summed E-state index contributed by atoms with van der Waals surface area (Å²) < 4.78 is 41.1. The van der Waals surface area contributed by atoms with E-state index in [0.29, 0.717) is 33.5 Å². The van der Waals surface area contributed by atoms with Crippen LogP contribution in [0.15, 0.2) is 34.4 Å². The normalized spacial score (nSPS) is 19.3. The third-order valence-corrected chi connectivity index (χ3v) is 8.14. The van der Waals surface area contributed by atoms with Gasteiger partial charge in [-0.05, 0) is 44.5 Å². The number of hydrogen-bond acceptors (Lipinski definition) is 14. The number of nitrogens with one attached hydrogen (secondary N) is 2. The van der Waals surface area contributed by atoms with E-state index in [2.05, 4.69) is 30.0 Å². The monoisotopic (exact) mass is 668 g/mol. The maximum Gasteiger partial charge on any atom is 0.418 e. The molecule has 0 saturated carbocycles. The van der Waals surface area contributed by atoms with Crippen LogP contribution in [0.2, 0.25) is 0 Å². The van der Waals surface area contributed by atoms with Crippen LogP contribution in [0.3, 0.4) is 0 Å². The number of amides is 2. The molecule has 1 aromatic carbocycles. The predicted octanol–water partition coefficient (Wildman–Crippen LogP) is -0.942. The molecule has 8 N–H and O–H groups in total. The van der Waals surface area contributed by atoms with Gasteiger partial charge < -0.3 is 36.8 Å². The molecule has 2 amide bonds. The Morgan fingerprint density at radius 3 is 2.49 bits per heavy atom. The molecule has 4 rings (SSSR count). The number of nitrogens with two attached hydrogens (primary N) is 2. The van der Waals surface area contributed by atoms with Crippen molar-refractivity contribution in [1.29, 1.82) is 0 Å². The summed E-state index contributed by atoms with van der Waals surface area (Å²) in [6, 6.07) is 5.28. The van der Waals surface area contributed by atoms with Crippen LogP contribution in [0.25, 0.3) is 0 Å². The summed E-state index contributed by atoms with van der Waals surface area (Å²) in [5, 5.41) is 19.5. The van der Waals surface area contributed by atoms with Gasteiger partial charge in [0.25, 0.3) is 17.9 Å². The number of amidine groups is 1. The summed E-state index contributed by atoms with van der Waals surface area (Å²) in [6.45, 7) is 5.49. The van der Waals surface area contributed by atoms with Gasteiger partial charge in [-0.15, -0.1) is 15.6 Å². The van der Waals surface area contributed by atoms with Crippen molar-refractivity contribution in [3.8, 4) is 5.75 Å². The first-order chi connectivity index (χ1) is 21.1. The van der Waals surface area contributed by atoms with Crippen LogP contribution < -0.4 is 26.8 Å². The Bertz CT molecular complexity index is 1620. The van der Waals surface area contributed by atoms with E-state index in [1.165, 1.54) is 13.8 Å². The van der Waals surface area contributed by atoms with Gasteiger partial charge in [0, 0.05) is 23.5 Å². The SMILES string of the molecule is CCc1sc(N)nc1/C(=N/O[C@@H](COc1ccc(C(N)=NC2CNC2)cc1)C(=O)O)C(=O)N[C@@H]1C(=O)N(OS(=O)(=O)O)C1(C)C. The van der Waals surface area contributed by atoms with Crippen molar-refractivity contribution in [2.75, 3.05) is 25.4 Å². The van der Waals surface area contributed by atoms with Crippen LogP contribution in [0.4, 0.5) is 5.13 Å². The number of β-lactam (4-membered cyclic amide) rings is 1. The number of nitrogens with zero attached hydrogens (tertiary/aromatic N) is 4. The average Bonchev–Trinajstić information content (AvgIpc) is 3.33. The Hall–Kier alpha value is -4.37. The average molecular weight is 669 g/mol. The fourth-order valence-corrected chi connectivity index (χ4v) is 5.43. The summed E-state index contributed by atoms with van der Waals surface area (Å²) in [5.74, 6) is -2.79. The van der Waals surface area contributed by atoms with Crippen molar-refractivity contribution in [3.05, 3.63) is 40.4 Å². The molecule has 2 aliphatic heterocycles. The van der Waals surface area contributed by atoms with Crippen molar-refractivity contribution < 1.29 is 46.3 Å². The van der Waals surface area contributed by atoms with Crippen LogP contribution in [0, 0.1) is 0 Å². The van der Waals surface area contributed by atoms with E-state index in [1.54, 1.807) is 31.2 Å². The summed E-state index contributed by atoms with van der Waals surface area (Å²) in [6.07, 6.45) is -1.32. The number of anilines is 1. The Balaban J connectivity index is 1.50. The lowest BCUT2D eigenvalue weighted by Gasteiger charge is -2.50. The topological polar surface area (TPSA) is 270 Å². The Morgan fingerprint density at radius 1 is 1.29 bits per heavy atom. The molecule has 3 heterocycles. The number of hydroxylamine groups is 2. The lowest BCUT2D eigenvalue weighted by molar-refractivity contribution is -0.218. The minimum atomic E-state index is -5.02. The summed E-state index contributed by atoms with van der Waals surface area (Å²) in [7, 11) is -5.02. The molecular formula is C25H32N8O10S2. The van der Waals surface area contributed by atoms with Gasteiger partial charge in [0.05, 0.1) is 11.6 Å². The smallest absolute Gasteiger partial charge is 0.418 e. The molecule has 1 aromatic heterocycles. The number of carbonyl (C=O) groups excluding carboxylic acids is 2. The largest absolute Gasteiger partial charge is 0.489 e. The van der Waals surface area contributed by atoms with Crippen molar-refractivity contribution in [3.63, 3.8) is 0 Å². The van der Waals surface area contributed by atoms with Crippen molar-refractivity contribution in [2.45, 2.75) is 50.9 Å². The van der Waals surface area contributed by atoms with Gasteiger partial charge in [0.15, 0.2) is 10.8 Å². The number of thiazole rings is 1. The number of hydrogen-bond donors (Lipinski definition) is 6. The number of aliphatic imine (C=N–C) groups is 1. The number of carbonyl (C=O) groups is 3. The highest BCUT2D eigenvalue weighted by molar-refractivity contribution is 7.80. The van der Waals surface area contributed by atoms with E-state index >= 15 is 0 Å². The number of oxime groups is 1. The fourth-order valence-electron chi connectivity index (χ4n) is 4.20. The number of carboxylic acids is 1. The second-order valence-electron chi connectivity index (χ2n) is 10.4. The molecule has 2 aliphatic rings. The second kappa shape index (κ2) is 13.3. The number of benzene rings is 1. The number of aromatic nitrogens is 1. The zero-order valence-corrected chi connectivity index (χ0v) is 25.9. The molecule has 2 atom stereocenters. The number of carboxylic acid groups (broad SMARTS) is 1. The first kappa shape index (κ1) is 33.5. The van der Waals surface area contributed by atoms with E-state index in [4.69, 9.17) is 25.6 Å². The van der Waals surface area contributed by atoms with Crippen molar-refractivity contribution >= 4 is 56.2 Å². The summed E-state index contributed by atoms with van der Waals surface area (Å²) >= 11 is 1.06. The van der Waals surface area contributed by atoms with Gasteiger partial charge in [-0.25, -0.2) is 9.78 Å². The maximum atomic E-state index is 13.4. The number of aryl methyl sites for hydroxylation is 1. The first-order valence-electron chi connectivity index (χ1n) is 13.4. The van der Waals surface area contributed by atoms with Crippen LogP contribution in [-0.4, -0.2) is 101 Å². The van der Waals surface area contributed by atoms with Crippen molar-refractivity contribution in [2.24, 2.45) is 15.9 Å². The Kier molecular flexibility index (Phi) is 9.92. The van der Waals surface area contributed by atoms with Crippen molar-refractivity contribution in [1.82, 2.24) is 20.7 Å². The number of rotatable bonds is 14. The molecule has 20 heteroatoms. The zero-order chi connectivity index (χ0) is 33.1. The molecular weight excluding hydrogens is 636 g/mol. The number of ether oxygens (including phenoxy) is 1. The van der Waals surface area contributed by atoms with Gasteiger partial charge in [0.1, 0.15) is 29.9 Å². The quantitative estimate of drug-likeness (QED) is 0.0466. The standard InChI is InChI=1S/C25H32N8O10S2/c1-4-16-17(30-24(27)44-16)18(21(34)31-19-22(35)33(25(19,2)3)43-45(38,39)40)32-42-15(23(36)37)11-41-14-7-5-12(6-8-14)20(26)29-13-9-28-10-13/h5-8,13,15,19,28H,4,9-11H2,1-3H3,(H2,26,29)(H2,27,30)(H,31,34)(H,36,37)(H,38,39,40)/b32-18-/t15-,19+/m0/s1. The molecule has 0 spiro atoms. The minimum Gasteiger partial charge on any atom is -0.489 e. The summed E-state index contributed by atoms with van der Waals surface area (Å²) in [4.78, 5) is 52.2. The minimum absolute atomic E-state index is 0.00861. The van der Waals surface area contributed by atoms with E-state index in [9.17, 15) is 27.9 Å². The molecule has 0 unspecified atom stereocenters. The molecule has 2 aromatic rings. The fraction of sp³-hybridized carbons (Fsp3) is 0.440. The van der Waals surface area contributed by atoms with Gasteiger partial charge in [-0.2, -0.15) is 13.5 Å². The first-order valence-corrected chi connectivity index (χ1v) is 15.6. The van der Waals surface area contributed by atoms with Crippen LogP contribution in [-0.2, 0) is 40.3 Å². The molecule has 18 nitrogen and oxygen atoms in total. The third kappa shape index (κ3) is 7.84. The lowest BCUT2D eigenvalue weighted by Crippen LogP contribution is -2.76. The maximum absolute atomic E-state index is 13.4. The molecule has 244 valence electrons. The van der Waals surface area contributed by atoms with Gasteiger partial charge >= 0.3 is 16.4 Å². The second-order valence-corrected chi connectivity index (χ2v) is 12.5. The molecule has 2 saturated heterocycles. The Labute approximate surface area is 261 Å². The van der Waals surface area contributed by atoms with Crippen LogP contribution in [0.5, 0.6) is 5.75 Å². The molecule has 0 aliphatic carbocycles. The van der Waals surface area contributed by atoms with E-state index in [0.717, 1.165) is 24.4 Å². The third-order valence-electron chi connectivity index (χ3n) is 6.78. The number of nitrogen functional groups attached to an aromatic ring is 1. The zero-order valence-electron chi connectivity index (χ0n) is 24.3. The summed E-state index contributed by atoms with van der Waals surface area (Å²) in [5.41, 5.74) is 10.6. The molecule has 45 heavy (non-hydrogen) atoms. The number of aliphatic carboxylic acids is 1. The van der Waals surface area contributed by atoms with E-state index in [-0.39, 0.29) is 16.9 Å². The highest BCUT2D eigenvalue weighted by Crippen LogP contribution is 2.33. The molecule has 2 fully saturated rings.